The Hall–Kier alpha value is -2.95. The van der Waals surface area contributed by atoms with Crippen LogP contribution >= 0.6 is 0 Å². The zero-order chi connectivity index (χ0) is 17.1. The molecule has 122 valence electrons. The number of oxime groups is 1. The van der Waals surface area contributed by atoms with Crippen LogP contribution in [0, 0.1) is 5.92 Å². The molecule has 0 fully saturated rings. The fraction of sp³-hybridized carbons (Fsp3) is 0.211. The van der Waals surface area contributed by atoms with Gasteiger partial charge in [0.15, 0.2) is 5.78 Å². The van der Waals surface area contributed by atoms with Crippen molar-refractivity contribution in [1.82, 2.24) is 0 Å². The molecule has 1 aliphatic heterocycles. The van der Waals surface area contributed by atoms with Gasteiger partial charge in [-0.1, -0.05) is 47.6 Å². The molecule has 1 aliphatic rings. The summed E-state index contributed by atoms with van der Waals surface area (Å²) in [4.78, 5) is 29.8. The molecule has 0 aliphatic carbocycles. The van der Waals surface area contributed by atoms with Crippen LogP contribution < -0.4 is 5.32 Å². The molecule has 2 atom stereocenters. The second kappa shape index (κ2) is 6.66. The third kappa shape index (κ3) is 3.06. The largest absolute Gasteiger partial charge is 0.391 e. The molecule has 1 N–H and O–H groups in total. The van der Waals surface area contributed by atoms with Crippen molar-refractivity contribution >= 4 is 23.1 Å². The molecular formula is C19H18N2O3. The number of ketones is 1. The zero-order valence-electron chi connectivity index (χ0n) is 13.5. The number of rotatable bonds is 4. The van der Waals surface area contributed by atoms with E-state index in [0.29, 0.717) is 17.0 Å². The Morgan fingerprint density at radius 1 is 1.04 bits per heavy atom. The lowest BCUT2D eigenvalue weighted by atomic mass is 9.92. The normalized spacial score (nSPS) is 19.3. The summed E-state index contributed by atoms with van der Waals surface area (Å²) in [5, 5.41) is 6.92. The van der Waals surface area contributed by atoms with Crippen molar-refractivity contribution in [2.45, 2.75) is 20.0 Å². The second-order valence-corrected chi connectivity index (χ2v) is 5.72. The number of anilines is 1. The van der Waals surface area contributed by atoms with Crippen LogP contribution in [0.1, 0.15) is 29.8 Å². The smallest absolute Gasteiger partial charge is 0.237 e. The molecule has 0 saturated heterocycles. The molecule has 0 bridgehead atoms. The van der Waals surface area contributed by atoms with Gasteiger partial charge in [0.2, 0.25) is 5.91 Å². The topological polar surface area (TPSA) is 67.8 Å². The third-order valence-corrected chi connectivity index (χ3v) is 4.00. The first-order valence-electron chi connectivity index (χ1n) is 7.78. The Balaban J connectivity index is 1.87. The van der Waals surface area contributed by atoms with Gasteiger partial charge in [-0.25, -0.2) is 0 Å². The van der Waals surface area contributed by atoms with Crippen molar-refractivity contribution in [3.8, 4) is 0 Å². The van der Waals surface area contributed by atoms with Crippen LogP contribution in [0.4, 0.5) is 5.69 Å². The maximum absolute atomic E-state index is 12.8. The molecule has 5 nitrogen and oxygen atoms in total. The van der Waals surface area contributed by atoms with Crippen molar-refractivity contribution < 1.29 is 14.4 Å². The maximum atomic E-state index is 12.8. The molecular weight excluding hydrogens is 304 g/mol. The Labute approximate surface area is 140 Å². The minimum Gasteiger partial charge on any atom is -0.391 e. The molecule has 0 unspecified atom stereocenters. The highest BCUT2D eigenvalue weighted by Crippen LogP contribution is 2.25. The van der Waals surface area contributed by atoms with E-state index in [-0.39, 0.29) is 17.8 Å². The first-order chi connectivity index (χ1) is 11.6. The Kier molecular flexibility index (Phi) is 4.42. The van der Waals surface area contributed by atoms with E-state index in [9.17, 15) is 9.59 Å². The SMILES string of the molecule is CC(=O)c1ccccc1NC(=O)[C@H]1C(c2ccccc2)=NO[C@H]1C. The van der Waals surface area contributed by atoms with Gasteiger partial charge in [-0.05, 0) is 26.0 Å². The number of carbonyl (C=O) groups is 2. The van der Waals surface area contributed by atoms with E-state index in [2.05, 4.69) is 10.5 Å². The lowest BCUT2D eigenvalue weighted by Gasteiger charge is -2.16. The highest BCUT2D eigenvalue weighted by Gasteiger charge is 2.38. The number of hydrogen-bond donors (Lipinski definition) is 1. The molecule has 1 amide bonds. The van der Waals surface area contributed by atoms with Gasteiger partial charge in [-0.2, -0.15) is 0 Å². The number of carbonyl (C=O) groups excluding carboxylic acids is 2. The minimum absolute atomic E-state index is 0.0985. The first kappa shape index (κ1) is 15.9. The summed E-state index contributed by atoms with van der Waals surface area (Å²) >= 11 is 0. The fourth-order valence-corrected chi connectivity index (χ4v) is 2.77. The number of para-hydroxylation sites is 1. The third-order valence-electron chi connectivity index (χ3n) is 4.00. The van der Waals surface area contributed by atoms with E-state index < -0.39 is 5.92 Å². The van der Waals surface area contributed by atoms with E-state index in [4.69, 9.17) is 4.84 Å². The van der Waals surface area contributed by atoms with Gasteiger partial charge in [0.05, 0.1) is 5.69 Å². The van der Waals surface area contributed by atoms with Crippen molar-refractivity contribution in [2.75, 3.05) is 5.32 Å². The van der Waals surface area contributed by atoms with Gasteiger partial charge in [0.1, 0.15) is 17.7 Å². The molecule has 1 heterocycles. The zero-order valence-corrected chi connectivity index (χ0v) is 13.5. The van der Waals surface area contributed by atoms with Gasteiger partial charge in [-0.3, -0.25) is 9.59 Å². The molecule has 2 aromatic rings. The van der Waals surface area contributed by atoms with Gasteiger partial charge >= 0.3 is 0 Å². The summed E-state index contributed by atoms with van der Waals surface area (Å²) in [7, 11) is 0. The van der Waals surface area contributed by atoms with E-state index in [1.54, 1.807) is 31.2 Å². The summed E-state index contributed by atoms with van der Waals surface area (Å²) in [6, 6.07) is 16.4. The Bertz CT molecular complexity index is 799. The van der Waals surface area contributed by atoms with Gasteiger partial charge in [0.25, 0.3) is 0 Å². The molecule has 24 heavy (non-hydrogen) atoms. The quantitative estimate of drug-likeness (QED) is 0.879. The summed E-state index contributed by atoms with van der Waals surface area (Å²) < 4.78 is 0. The predicted octanol–water partition coefficient (Wildman–Crippen LogP) is 3.27. The number of nitrogens with one attached hydrogen (secondary N) is 1. The lowest BCUT2D eigenvalue weighted by Crippen LogP contribution is -2.34. The average Bonchev–Trinajstić information content (AvgIpc) is 2.97. The van der Waals surface area contributed by atoms with Crippen molar-refractivity contribution in [3.05, 3.63) is 65.7 Å². The molecule has 0 radical (unpaired) electrons. The maximum Gasteiger partial charge on any atom is 0.237 e. The van der Waals surface area contributed by atoms with Crippen LogP contribution in [-0.2, 0) is 9.63 Å². The standard InChI is InChI=1S/C19H18N2O3/c1-12(22)15-10-6-7-11-16(15)20-19(23)17-13(2)24-21-18(17)14-8-4-3-5-9-14/h3-11,13,17H,1-2H3,(H,20,23)/t13-,17+/m0/s1. The second-order valence-electron chi connectivity index (χ2n) is 5.72. The van der Waals surface area contributed by atoms with Crippen molar-refractivity contribution in [2.24, 2.45) is 11.1 Å². The highest BCUT2D eigenvalue weighted by atomic mass is 16.6. The van der Waals surface area contributed by atoms with Crippen LogP contribution in [-0.4, -0.2) is 23.5 Å². The van der Waals surface area contributed by atoms with Crippen LogP contribution in [0.3, 0.4) is 0 Å². The van der Waals surface area contributed by atoms with Crippen molar-refractivity contribution in [3.63, 3.8) is 0 Å². The average molecular weight is 322 g/mol. The first-order valence-corrected chi connectivity index (χ1v) is 7.78. The van der Waals surface area contributed by atoms with Gasteiger partial charge in [0, 0.05) is 11.1 Å². The molecule has 5 heteroatoms. The monoisotopic (exact) mass is 322 g/mol. The summed E-state index contributed by atoms with van der Waals surface area (Å²) in [5.41, 5.74) is 2.43. The van der Waals surface area contributed by atoms with Crippen LogP contribution in [0.5, 0.6) is 0 Å². The van der Waals surface area contributed by atoms with E-state index in [1.807, 2.05) is 30.3 Å². The van der Waals surface area contributed by atoms with E-state index in [1.165, 1.54) is 6.92 Å². The molecule has 3 rings (SSSR count). The number of amides is 1. The number of nitrogens with zero attached hydrogens (tertiary/aromatic N) is 1. The van der Waals surface area contributed by atoms with Gasteiger partial charge < -0.3 is 10.2 Å². The molecule has 0 saturated carbocycles. The molecule has 0 spiro atoms. The predicted molar refractivity (Wildman–Crippen MR) is 92.1 cm³/mol. The Morgan fingerprint density at radius 2 is 1.71 bits per heavy atom. The molecule has 0 aromatic heterocycles. The highest BCUT2D eigenvalue weighted by molar-refractivity contribution is 6.17. The Morgan fingerprint density at radius 3 is 2.42 bits per heavy atom. The van der Waals surface area contributed by atoms with Crippen molar-refractivity contribution in [1.29, 1.82) is 0 Å². The van der Waals surface area contributed by atoms with Crippen LogP contribution in [0.25, 0.3) is 0 Å². The van der Waals surface area contributed by atoms with Crippen LogP contribution in [0.15, 0.2) is 59.8 Å². The number of benzene rings is 2. The summed E-state index contributed by atoms with van der Waals surface area (Å²) in [6.07, 6.45) is -0.371. The number of Topliss-reactive ketones (excluding diaryl/α,β-unsaturated/α-hetero) is 1. The molecule has 2 aromatic carbocycles. The lowest BCUT2D eigenvalue weighted by molar-refractivity contribution is -0.120. The number of hydrogen-bond acceptors (Lipinski definition) is 4. The van der Waals surface area contributed by atoms with Gasteiger partial charge in [-0.15, -0.1) is 0 Å². The minimum atomic E-state index is -0.535. The summed E-state index contributed by atoms with van der Waals surface area (Å²) in [6.45, 7) is 3.28. The summed E-state index contributed by atoms with van der Waals surface area (Å²) in [5.74, 6) is -0.873. The van der Waals surface area contributed by atoms with E-state index >= 15 is 0 Å². The fourth-order valence-electron chi connectivity index (χ4n) is 2.77. The van der Waals surface area contributed by atoms with E-state index in [0.717, 1.165) is 5.56 Å². The van der Waals surface area contributed by atoms with Crippen LogP contribution in [0.2, 0.25) is 0 Å².